The Morgan fingerprint density at radius 3 is 2.37 bits per heavy atom. The van der Waals surface area contributed by atoms with Gasteiger partial charge in [-0.2, -0.15) is 0 Å². The van der Waals surface area contributed by atoms with Gasteiger partial charge in [0, 0.05) is 6.54 Å². The maximum atomic E-state index is 13.3. The van der Waals surface area contributed by atoms with Crippen molar-refractivity contribution in [3.8, 4) is 5.75 Å². The molecule has 0 spiro atoms. The van der Waals surface area contributed by atoms with Crippen molar-refractivity contribution in [2.45, 2.75) is 27.0 Å². The first-order valence-electron chi connectivity index (χ1n) is 6.28. The number of halogens is 1. The molecule has 0 aliphatic rings. The predicted molar refractivity (Wildman–Crippen MR) is 74.5 cm³/mol. The summed E-state index contributed by atoms with van der Waals surface area (Å²) in [6.07, 6.45) is 0. The van der Waals surface area contributed by atoms with E-state index in [-0.39, 0.29) is 5.82 Å². The molecule has 2 rings (SSSR count). The van der Waals surface area contributed by atoms with Crippen LogP contribution in [0.3, 0.4) is 0 Å². The van der Waals surface area contributed by atoms with Gasteiger partial charge in [-0.05, 0) is 48.2 Å². The molecule has 0 amide bonds. The standard InChI is InChI=1S/C16H18FNO/c1-11-4-3-5-12(2)16(11)19-10-14-8-15(17)7-6-13(14)9-18/h3-8H,9-10,18H2,1-2H3. The molecule has 0 heterocycles. The number of hydrogen-bond acceptors (Lipinski definition) is 2. The third-order valence-electron chi connectivity index (χ3n) is 3.17. The summed E-state index contributed by atoms with van der Waals surface area (Å²) < 4.78 is 19.1. The Morgan fingerprint density at radius 1 is 1.05 bits per heavy atom. The Labute approximate surface area is 113 Å². The van der Waals surface area contributed by atoms with E-state index >= 15 is 0 Å². The van der Waals surface area contributed by atoms with Crippen molar-refractivity contribution < 1.29 is 9.13 Å². The SMILES string of the molecule is Cc1cccc(C)c1OCc1cc(F)ccc1CN. The third kappa shape index (κ3) is 3.12. The Morgan fingerprint density at radius 2 is 1.74 bits per heavy atom. The maximum absolute atomic E-state index is 13.3. The van der Waals surface area contributed by atoms with E-state index in [4.69, 9.17) is 10.5 Å². The normalized spacial score (nSPS) is 10.5. The molecule has 3 heteroatoms. The van der Waals surface area contributed by atoms with Gasteiger partial charge < -0.3 is 10.5 Å². The Bertz CT molecular complexity index is 561. The van der Waals surface area contributed by atoms with E-state index in [0.29, 0.717) is 13.2 Å². The zero-order valence-corrected chi connectivity index (χ0v) is 11.2. The number of nitrogens with two attached hydrogens (primary N) is 1. The third-order valence-corrected chi connectivity index (χ3v) is 3.17. The summed E-state index contributed by atoms with van der Waals surface area (Å²) in [6.45, 7) is 4.71. The lowest BCUT2D eigenvalue weighted by Crippen LogP contribution is -2.06. The van der Waals surface area contributed by atoms with Crippen LogP contribution in [0.25, 0.3) is 0 Å². The van der Waals surface area contributed by atoms with Crippen LogP contribution in [0.4, 0.5) is 4.39 Å². The van der Waals surface area contributed by atoms with E-state index in [9.17, 15) is 4.39 Å². The highest BCUT2D eigenvalue weighted by molar-refractivity contribution is 5.40. The summed E-state index contributed by atoms with van der Waals surface area (Å²) >= 11 is 0. The molecule has 0 aliphatic heterocycles. The fourth-order valence-corrected chi connectivity index (χ4v) is 2.10. The van der Waals surface area contributed by atoms with Crippen molar-refractivity contribution in [1.29, 1.82) is 0 Å². The lowest BCUT2D eigenvalue weighted by molar-refractivity contribution is 0.300. The minimum Gasteiger partial charge on any atom is -0.488 e. The van der Waals surface area contributed by atoms with E-state index < -0.39 is 0 Å². The molecule has 100 valence electrons. The molecular weight excluding hydrogens is 241 g/mol. The highest BCUT2D eigenvalue weighted by atomic mass is 19.1. The van der Waals surface area contributed by atoms with Gasteiger partial charge in [-0.15, -0.1) is 0 Å². The summed E-state index contributed by atoms with van der Waals surface area (Å²) in [5.74, 6) is 0.590. The van der Waals surface area contributed by atoms with Gasteiger partial charge in [0.15, 0.2) is 0 Å². The summed E-state index contributed by atoms with van der Waals surface area (Å²) in [7, 11) is 0. The van der Waals surface area contributed by atoms with Gasteiger partial charge >= 0.3 is 0 Å². The van der Waals surface area contributed by atoms with Gasteiger partial charge in [-0.25, -0.2) is 4.39 Å². The lowest BCUT2D eigenvalue weighted by atomic mass is 10.1. The van der Waals surface area contributed by atoms with Crippen molar-refractivity contribution >= 4 is 0 Å². The zero-order valence-electron chi connectivity index (χ0n) is 11.2. The molecule has 2 aromatic carbocycles. The van der Waals surface area contributed by atoms with Crippen LogP contribution in [0.5, 0.6) is 5.75 Å². The molecule has 0 unspecified atom stereocenters. The second kappa shape index (κ2) is 5.85. The molecule has 0 aliphatic carbocycles. The molecule has 0 bridgehead atoms. The van der Waals surface area contributed by atoms with Crippen LogP contribution in [-0.4, -0.2) is 0 Å². The summed E-state index contributed by atoms with van der Waals surface area (Å²) in [5.41, 5.74) is 9.51. The minimum atomic E-state index is -0.266. The molecule has 0 fully saturated rings. The van der Waals surface area contributed by atoms with E-state index in [1.807, 2.05) is 32.0 Å². The Kier molecular flexibility index (Phi) is 4.17. The van der Waals surface area contributed by atoms with Gasteiger partial charge in [0.1, 0.15) is 18.2 Å². The molecular formula is C16H18FNO. The van der Waals surface area contributed by atoms with Gasteiger partial charge in [-0.1, -0.05) is 24.3 Å². The van der Waals surface area contributed by atoms with E-state index in [0.717, 1.165) is 28.0 Å². The molecule has 2 aromatic rings. The van der Waals surface area contributed by atoms with Crippen molar-refractivity contribution in [2.75, 3.05) is 0 Å². The topological polar surface area (TPSA) is 35.2 Å². The summed E-state index contributed by atoms with van der Waals surface area (Å²) in [6, 6.07) is 10.6. The molecule has 0 saturated carbocycles. The molecule has 0 aromatic heterocycles. The van der Waals surface area contributed by atoms with Crippen LogP contribution in [0.1, 0.15) is 22.3 Å². The maximum Gasteiger partial charge on any atom is 0.125 e. The fourth-order valence-electron chi connectivity index (χ4n) is 2.10. The number of hydrogen-bond donors (Lipinski definition) is 1. The number of para-hydroxylation sites is 1. The number of benzene rings is 2. The van der Waals surface area contributed by atoms with E-state index in [1.54, 1.807) is 6.07 Å². The molecule has 0 radical (unpaired) electrons. The first kappa shape index (κ1) is 13.6. The van der Waals surface area contributed by atoms with Gasteiger partial charge in [-0.3, -0.25) is 0 Å². The summed E-state index contributed by atoms with van der Waals surface area (Å²) in [5, 5.41) is 0. The monoisotopic (exact) mass is 259 g/mol. The van der Waals surface area contributed by atoms with Gasteiger partial charge in [0.05, 0.1) is 0 Å². The Hall–Kier alpha value is -1.87. The van der Waals surface area contributed by atoms with Crippen molar-refractivity contribution in [1.82, 2.24) is 0 Å². The van der Waals surface area contributed by atoms with Crippen LogP contribution >= 0.6 is 0 Å². The second-order valence-corrected chi connectivity index (χ2v) is 4.63. The van der Waals surface area contributed by atoms with Crippen molar-refractivity contribution in [3.63, 3.8) is 0 Å². The largest absolute Gasteiger partial charge is 0.488 e. The first-order valence-corrected chi connectivity index (χ1v) is 6.28. The van der Waals surface area contributed by atoms with Crippen LogP contribution in [0.15, 0.2) is 36.4 Å². The van der Waals surface area contributed by atoms with Gasteiger partial charge in [0.2, 0.25) is 0 Å². The fraction of sp³-hybridized carbons (Fsp3) is 0.250. The smallest absolute Gasteiger partial charge is 0.125 e. The molecule has 0 atom stereocenters. The highest BCUT2D eigenvalue weighted by Gasteiger charge is 2.07. The minimum absolute atomic E-state index is 0.266. The molecule has 2 N–H and O–H groups in total. The average molecular weight is 259 g/mol. The number of rotatable bonds is 4. The van der Waals surface area contributed by atoms with Crippen LogP contribution in [0.2, 0.25) is 0 Å². The van der Waals surface area contributed by atoms with Gasteiger partial charge in [0.25, 0.3) is 0 Å². The van der Waals surface area contributed by atoms with Crippen molar-refractivity contribution in [3.05, 3.63) is 64.5 Å². The molecule has 19 heavy (non-hydrogen) atoms. The molecule has 0 saturated heterocycles. The van der Waals surface area contributed by atoms with E-state index in [1.165, 1.54) is 12.1 Å². The second-order valence-electron chi connectivity index (χ2n) is 4.63. The van der Waals surface area contributed by atoms with Crippen LogP contribution in [0, 0.1) is 19.7 Å². The number of aryl methyl sites for hydroxylation is 2. The lowest BCUT2D eigenvalue weighted by Gasteiger charge is -2.14. The molecule has 2 nitrogen and oxygen atoms in total. The number of ether oxygens (including phenoxy) is 1. The zero-order chi connectivity index (χ0) is 13.8. The quantitative estimate of drug-likeness (QED) is 0.912. The van der Waals surface area contributed by atoms with Crippen LogP contribution in [-0.2, 0) is 13.2 Å². The van der Waals surface area contributed by atoms with Crippen LogP contribution < -0.4 is 10.5 Å². The highest BCUT2D eigenvalue weighted by Crippen LogP contribution is 2.24. The predicted octanol–water partition coefficient (Wildman–Crippen LogP) is 3.48. The van der Waals surface area contributed by atoms with E-state index in [2.05, 4.69) is 0 Å². The first-order chi connectivity index (χ1) is 9.11. The Balaban J connectivity index is 2.21. The van der Waals surface area contributed by atoms with Crippen molar-refractivity contribution in [2.24, 2.45) is 5.73 Å². The summed E-state index contributed by atoms with van der Waals surface area (Å²) in [4.78, 5) is 0. The average Bonchev–Trinajstić information content (AvgIpc) is 2.38.